The van der Waals surface area contributed by atoms with Crippen molar-refractivity contribution >= 4 is 23.2 Å². The number of para-hydroxylation sites is 1. The van der Waals surface area contributed by atoms with Gasteiger partial charge in [-0.3, -0.25) is 9.59 Å². The zero-order valence-corrected chi connectivity index (χ0v) is 20.4. The molecule has 2 aromatic carbocycles. The number of unbranched alkanes of at least 4 members (excludes halogenated alkanes) is 2. The molecule has 3 rings (SSSR count). The van der Waals surface area contributed by atoms with Crippen LogP contribution in [-0.4, -0.2) is 69.1 Å². The van der Waals surface area contributed by atoms with E-state index < -0.39 is 6.17 Å². The van der Waals surface area contributed by atoms with E-state index in [1.807, 2.05) is 54.6 Å². The van der Waals surface area contributed by atoms with Crippen LogP contribution in [0.4, 0.5) is 5.69 Å². The summed E-state index contributed by atoms with van der Waals surface area (Å²) in [6.07, 6.45) is 2.18. The molecule has 1 aliphatic heterocycles. The minimum absolute atomic E-state index is 0.0855. The maximum Gasteiger partial charge on any atom is 0.272 e. The fourth-order valence-corrected chi connectivity index (χ4v) is 3.99. The van der Waals surface area contributed by atoms with Gasteiger partial charge in [0.05, 0.1) is 31.2 Å². The van der Waals surface area contributed by atoms with E-state index in [1.165, 1.54) is 0 Å². The standard InChI is InChI=1S/C27H35N3O4/c1-4-5-7-16-24(31)30(17-18-34-20-19-33-3)26-27(32)29(2)23-15-11-10-14-22(23)25(28-26)21-12-8-6-9-13-21/h6,8-15,26H,4-5,7,16-20H2,1-3H3. The molecule has 34 heavy (non-hydrogen) atoms. The summed E-state index contributed by atoms with van der Waals surface area (Å²) in [5.74, 6) is -0.322. The number of benzene rings is 2. The predicted octanol–water partition coefficient (Wildman–Crippen LogP) is 3.90. The van der Waals surface area contributed by atoms with E-state index >= 15 is 0 Å². The maximum atomic E-state index is 13.7. The van der Waals surface area contributed by atoms with Crippen LogP contribution in [0.3, 0.4) is 0 Å². The van der Waals surface area contributed by atoms with E-state index in [1.54, 1.807) is 24.0 Å². The van der Waals surface area contributed by atoms with Gasteiger partial charge in [-0.1, -0.05) is 68.3 Å². The molecule has 1 aliphatic rings. The van der Waals surface area contributed by atoms with Crippen LogP contribution in [0, 0.1) is 0 Å². The SMILES string of the molecule is CCCCCC(=O)N(CCOCCOC)C1N=C(c2ccccc2)c2ccccc2N(C)C1=O. The van der Waals surface area contributed by atoms with E-state index in [0.29, 0.717) is 32.0 Å². The molecule has 0 aliphatic carbocycles. The number of aliphatic imine (C=N–C) groups is 1. The third kappa shape index (κ3) is 6.30. The minimum Gasteiger partial charge on any atom is -0.382 e. The smallest absolute Gasteiger partial charge is 0.272 e. The van der Waals surface area contributed by atoms with Crippen LogP contribution in [0.2, 0.25) is 0 Å². The Morgan fingerprint density at radius 1 is 1.03 bits per heavy atom. The zero-order valence-electron chi connectivity index (χ0n) is 20.4. The van der Waals surface area contributed by atoms with Crippen LogP contribution in [0.15, 0.2) is 59.6 Å². The second-order valence-electron chi connectivity index (χ2n) is 8.28. The number of nitrogens with zero attached hydrogens (tertiary/aromatic N) is 3. The number of amides is 2. The second kappa shape index (κ2) is 13.0. The lowest BCUT2D eigenvalue weighted by Gasteiger charge is -2.30. The topological polar surface area (TPSA) is 71.4 Å². The average molecular weight is 466 g/mol. The van der Waals surface area contributed by atoms with E-state index in [2.05, 4.69) is 6.92 Å². The highest BCUT2D eigenvalue weighted by Gasteiger charge is 2.35. The number of benzodiazepines with no additional fused rings is 1. The number of hydrogen-bond donors (Lipinski definition) is 0. The lowest BCUT2D eigenvalue weighted by molar-refractivity contribution is -0.140. The number of likely N-dealkylation sites (N-methyl/N-ethyl adjacent to an activating group) is 1. The van der Waals surface area contributed by atoms with Gasteiger partial charge in [-0.25, -0.2) is 4.99 Å². The summed E-state index contributed by atoms with van der Waals surface area (Å²) in [7, 11) is 3.36. The molecular weight excluding hydrogens is 430 g/mol. The Morgan fingerprint density at radius 2 is 1.76 bits per heavy atom. The number of hydrogen-bond acceptors (Lipinski definition) is 5. The van der Waals surface area contributed by atoms with Gasteiger partial charge in [0.25, 0.3) is 5.91 Å². The molecule has 0 aromatic heterocycles. The summed E-state index contributed by atoms with van der Waals surface area (Å²) >= 11 is 0. The number of ether oxygens (including phenoxy) is 2. The largest absolute Gasteiger partial charge is 0.382 e. The lowest BCUT2D eigenvalue weighted by Crippen LogP contribution is -2.50. The van der Waals surface area contributed by atoms with E-state index in [0.717, 1.165) is 36.1 Å². The third-order valence-corrected chi connectivity index (χ3v) is 5.89. The summed E-state index contributed by atoms with van der Waals surface area (Å²) in [6.45, 7) is 3.59. The quantitative estimate of drug-likeness (QED) is 0.446. The first-order valence-electron chi connectivity index (χ1n) is 11.9. The normalized spacial score (nSPS) is 15.5. The number of fused-ring (bicyclic) bond motifs is 1. The molecule has 7 heteroatoms. The predicted molar refractivity (Wildman–Crippen MR) is 134 cm³/mol. The Morgan fingerprint density at radius 3 is 2.50 bits per heavy atom. The summed E-state index contributed by atoms with van der Waals surface area (Å²) < 4.78 is 10.7. The maximum absolute atomic E-state index is 13.7. The van der Waals surface area contributed by atoms with Crippen LogP contribution in [-0.2, 0) is 19.1 Å². The van der Waals surface area contributed by atoms with Gasteiger partial charge in [0.2, 0.25) is 12.1 Å². The van der Waals surface area contributed by atoms with Crippen molar-refractivity contribution in [2.75, 3.05) is 45.4 Å². The van der Waals surface area contributed by atoms with E-state index in [-0.39, 0.29) is 18.4 Å². The van der Waals surface area contributed by atoms with Crippen LogP contribution in [0.5, 0.6) is 0 Å². The van der Waals surface area contributed by atoms with Crippen molar-refractivity contribution < 1.29 is 19.1 Å². The van der Waals surface area contributed by atoms with Gasteiger partial charge in [0, 0.05) is 38.2 Å². The molecule has 0 saturated carbocycles. The molecule has 182 valence electrons. The van der Waals surface area contributed by atoms with Gasteiger partial charge in [-0.15, -0.1) is 0 Å². The molecule has 0 fully saturated rings. The van der Waals surface area contributed by atoms with Crippen molar-refractivity contribution in [3.8, 4) is 0 Å². The molecule has 1 unspecified atom stereocenters. The monoisotopic (exact) mass is 465 g/mol. The second-order valence-corrected chi connectivity index (χ2v) is 8.28. The first-order valence-corrected chi connectivity index (χ1v) is 11.9. The molecule has 1 atom stereocenters. The molecular formula is C27H35N3O4. The van der Waals surface area contributed by atoms with Gasteiger partial charge in [0.1, 0.15) is 0 Å². The summed E-state index contributed by atoms with van der Waals surface area (Å²) in [4.78, 5) is 35.1. The van der Waals surface area contributed by atoms with Crippen molar-refractivity contribution in [1.82, 2.24) is 4.90 Å². The van der Waals surface area contributed by atoms with Crippen molar-refractivity contribution in [2.45, 2.75) is 38.8 Å². The molecule has 0 spiro atoms. The molecule has 7 nitrogen and oxygen atoms in total. The highest BCUT2D eigenvalue weighted by molar-refractivity contribution is 6.20. The van der Waals surface area contributed by atoms with Gasteiger partial charge >= 0.3 is 0 Å². The highest BCUT2D eigenvalue weighted by atomic mass is 16.5. The van der Waals surface area contributed by atoms with Crippen molar-refractivity contribution in [3.63, 3.8) is 0 Å². The molecule has 2 aromatic rings. The fraction of sp³-hybridized carbons (Fsp3) is 0.444. The van der Waals surface area contributed by atoms with E-state index in [9.17, 15) is 9.59 Å². The Bertz CT molecular complexity index is 977. The minimum atomic E-state index is -0.965. The molecule has 0 radical (unpaired) electrons. The number of carbonyl (C=O) groups is 2. The Kier molecular flexibility index (Phi) is 9.79. The number of methoxy groups -OCH3 is 1. The van der Waals surface area contributed by atoms with Crippen LogP contribution >= 0.6 is 0 Å². The lowest BCUT2D eigenvalue weighted by atomic mass is 10.0. The van der Waals surface area contributed by atoms with Gasteiger partial charge in [0.15, 0.2) is 0 Å². The molecule has 0 bridgehead atoms. The summed E-state index contributed by atoms with van der Waals surface area (Å²) in [5.41, 5.74) is 3.23. The summed E-state index contributed by atoms with van der Waals surface area (Å²) in [6, 6.07) is 17.5. The third-order valence-electron chi connectivity index (χ3n) is 5.89. The number of rotatable bonds is 12. The Balaban J connectivity index is 2.00. The summed E-state index contributed by atoms with van der Waals surface area (Å²) in [5, 5.41) is 0. The number of anilines is 1. The van der Waals surface area contributed by atoms with Crippen LogP contribution < -0.4 is 4.90 Å². The average Bonchev–Trinajstić information content (AvgIpc) is 2.97. The first kappa shape index (κ1) is 25.6. The Hall–Kier alpha value is -3.03. The first-order chi connectivity index (χ1) is 16.6. The van der Waals surface area contributed by atoms with Gasteiger partial charge in [-0.05, 0) is 12.5 Å². The molecule has 0 saturated heterocycles. The fourth-order valence-electron chi connectivity index (χ4n) is 3.99. The van der Waals surface area contributed by atoms with Gasteiger partial charge < -0.3 is 19.3 Å². The molecule has 1 heterocycles. The van der Waals surface area contributed by atoms with E-state index in [4.69, 9.17) is 14.5 Å². The van der Waals surface area contributed by atoms with Crippen molar-refractivity contribution in [1.29, 1.82) is 0 Å². The van der Waals surface area contributed by atoms with Crippen LogP contribution in [0.25, 0.3) is 0 Å². The molecule has 2 amide bonds. The van der Waals surface area contributed by atoms with Crippen molar-refractivity contribution in [2.24, 2.45) is 4.99 Å². The Labute approximate surface area is 202 Å². The van der Waals surface area contributed by atoms with Gasteiger partial charge in [-0.2, -0.15) is 0 Å². The number of carbonyl (C=O) groups excluding carboxylic acids is 2. The zero-order chi connectivity index (χ0) is 24.3. The van der Waals surface area contributed by atoms with Crippen molar-refractivity contribution in [3.05, 3.63) is 65.7 Å². The highest BCUT2D eigenvalue weighted by Crippen LogP contribution is 2.28. The molecule has 0 N–H and O–H groups in total. The van der Waals surface area contributed by atoms with Crippen LogP contribution in [0.1, 0.15) is 43.7 Å².